The first-order valence-corrected chi connectivity index (χ1v) is 4.38. The molecule has 1 unspecified atom stereocenters. The van der Waals surface area contributed by atoms with Crippen molar-refractivity contribution in [3.63, 3.8) is 0 Å². The quantitative estimate of drug-likeness (QED) is 0.733. The Balaban J connectivity index is 2.95. The largest absolute Gasteiger partial charge is 0.394 e. The monoisotopic (exact) mass is 194 g/mol. The minimum Gasteiger partial charge on any atom is -0.394 e. The average Bonchev–Trinajstić information content (AvgIpc) is 2.18. The molecule has 0 radical (unpaired) electrons. The van der Waals surface area contributed by atoms with Gasteiger partial charge in [-0.2, -0.15) is 0 Å². The van der Waals surface area contributed by atoms with Gasteiger partial charge in [0.25, 0.3) is 0 Å². The van der Waals surface area contributed by atoms with Gasteiger partial charge in [-0.1, -0.05) is 0 Å². The highest BCUT2D eigenvalue weighted by Gasteiger charge is 2.26. The zero-order chi connectivity index (χ0) is 10.6. The number of hydrogen-bond donors (Lipinski definition) is 2. The van der Waals surface area contributed by atoms with Gasteiger partial charge >= 0.3 is 0 Å². The molecule has 1 rings (SSSR count). The predicted octanol–water partition coefficient (Wildman–Crippen LogP) is 0.425. The third-order valence-electron chi connectivity index (χ3n) is 2.09. The zero-order valence-corrected chi connectivity index (χ0v) is 8.32. The van der Waals surface area contributed by atoms with E-state index in [0.717, 1.165) is 5.56 Å². The first kappa shape index (κ1) is 10.7. The molecule has 1 amide bonds. The minimum atomic E-state index is -0.727. The Morgan fingerprint density at radius 3 is 2.57 bits per heavy atom. The van der Waals surface area contributed by atoms with Crippen LogP contribution in [0.1, 0.15) is 19.4 Å². The van der Waals surface area contributed by atoms with Crippen LogP contribution >= 0.6 is 0 Å². The second kappa shape index (κ2) is 4.19. The molecule has 1 atom stereocenters. The fourth-order valence-electron chi connectivity index (χ4n) is 1.31. The van der Waals surface area contributed by atoms with E-state index in [1.54, 1.807) is 31.5 Å². The van der Waals surface area contributed by atoms with Crippen LogP contribution in [-0.4, -0.2) is 22.6 Å². The van der Waals surface area contributed by atoms with E-state index in [9.17, 15) is 9.90 Å². The van der Waals surface area contributed by atoms with Gasteiger partial charge in [-0.3, -0.25) is 9.78 Å². The molecule has 0 aliphatic rings. The summed E-state index contributed by atoms with van der Waals surface area (Å²) in [6.45, 7) is 3.05. The molecule has 4 nitrogen and oxygen atoms in total. The van der Waals surface area contributed by atoms with Gasteiger partial charge in [-0.05, 0) is 24.6 Å². The van der Waals surface area contributed by atoms with E-state index in [4.69, 9.17) is 0 Å². The van der Waals surface area contributed by atoms with Crippen molar-refractivity contribution in [2.45, 2.75) is 19.4 Å². The van der Waals surface area contributed by atoms with E-state index >= 15 is 0 Å². The molecule has 1 aromatic heterocycles. The number of aromatic nitrogens is 1. The van der Waals surface area contributed by atoms with E-state index in [2.05, 4.69) is 10.3 Å². The molecule has 0 aliphatic heterocycles. The second-order valence-corrected chi connectivity index (χ2v) is 3.41. The first-order chi connectivity index (χ1) is 6.58. The van der Waals surface area contributed by atoms with Crippen molar-refractivity contribution in [2.75, 3.05) is 6.61 Å². The molecule has 0 aromatic carbocycles. The third-order valence-corrected chi connectivity index (χ3v) is 2.09. The molecular formula is C10H14N2O2. The summed E-state index contributed by atoms with van der Waals surface area (Å²) < 4.78 is 0. The zero-order valence-electron chi connectivity index (χ0n) is 8.32. The number of carbonyl (C=O) groups is 1. The second-order valence-electron chi connectivity index (χ2n) is 3.41. The van der Waals surface area contributed by atoms with Crippen molar-refractivity contribution in [3.05, 3.63) is 30.1 Å². The topological polar surface area (TPSA) is 62.2 Å². The molecule has 1 aromatic rings. The van der Waals surface area contributed by atoms with E-state index < -0.39 is 5.54 Å². The lowest BCUT2D eigenvalue weighted by atomic mass is 9.94. The number of rotatable bonds is 3. The van der Waals surface area contributed by atoms with Gasteiger partial charge in [-0.25, -0.2) is 0 Å². The number of nitrogens with one attached hydrogen (secondary N) is 1. The molecule has 0 bridgehead atoms. The molecule has 0 fully saturated rings. The van der Waals surface area contributed by atoms with Crippen molar-refractivity contribution in [1.29, 1.82) is 0 Å². The van der Waals surface area contributed by atoms with Crippen LogP contribution in [0.15, 0.2) is 24.5 Å². The average molecular weight is 194 g/mol. The number of amides is 1. The van der Waals surface area contributed by atoms with Crippen LogP contribution in [0.5, 0.6) is 0 Å². The Bertz CT molecular complexity index is 313. The Morgan fingerprint density at radius 1 is 1.57 bits per heavy atom. The fourth-order valence-corrected chi connectivity index (χ4v) is 1.31. The van der Waals surface area contributed by atoms with Crippen LogP contribution in [0.3, 0.4) is 0 Å². The van der Waals surface area contributed by atoms with E-state index in [-0.39, 0.29) is 12.5 Å². The summed E-state index contributed by atoms with van der Waals surface area (Å²) in [5, 5.41) is 12.0. The molecule has 0 aliphatic carbocycles. The van der Waals surface area contributed by atoms with Crippen LogP contribution in [-0.2, 0) is 10.3 Å². The van der Waals surface area contributed by atoms with Gasteiger partial charge in [0.1, 0.15) is 0 Å². The molecular weight excluding hydrogens is 180 g/mol. The Morgan fingerprint density at radius 2 is 2.14 bits per heavy atom. The maximum atomic E-state index is 11.0. The van der Waals surface area contributed by atoms with Gasteiger partial charge in [0, 0.05) is 19.3 Å². The Labute approximate surface area is 83.0 Å². The number of aliphatic hydroxyl groups excluding tert-OH is 1. The van der Waals surface area contributed by atoms with Crippen LogP contribution in [0.4, 0.5) is 0 Å². The lowest BCUT2D eigenvalue weighted by Gasteiger charge is -2.28. The van der Waals surface area contributed by atoms with Crippen LogP contribution in [0.2, 0.25) is 0 Å². The first-order valence-electron chi connectivity index (χ1n) is 4.38. The summed E-state index contributed by atoms with van der Waals surface area (Å²) in [7, 11) is 0. The molecule has 76 valence electrons. The molecule has 4 heteroatoms. The van der Waals surface area contributed by atoms with Crippen LogP contribution in [0.25, 0.3) is 0 Å². The molecule has 0 saturated heterocycles. The van der Waals surface area contributed by atoms with Crippen molar-refractivity contribution in [2.24, 2.45) is 0 Å². The smallest absolute Gasteiger partial charge is 0.217 e. The SMILES string of the molecule is CC(=O)NC(C)(CO)c1ccncc1. The highest BCUT2D eigenvalue weighted by molar-refractivity contribution is 5.74. The number of hydrogen-bond acceptors (Lipinski definition) is 3. The molecule has 1 heterocycles. The van der Waals surface area contributed by atoms with Crippen molar-refractivity contribution in [1.82, 2.24) is 10.3 Å². The van der Waals surface area contributed by atoms with Crippen molar-refractivity contribution < 1.29 is 9.90 Å². The number of carbonyl (C=O) groups excluding carboxylic acids is 1. The van der Waals surface area contributed by atoms with Gasteiger partial charge in [0.05, 0.1) is 12.1 Å². The maximum absolute atomic E-state index is 11.0. The predicted molar refractivity (Wildman–Crippen MR) is 52.5 cm³/mol. The summed E-state index contributed by atoms with van der Waals surface area (Å²) in [5.41, 5.74) is 0.111. The molecule has 14 heavy (non-hydrogen) atoms. The number of nitrogens with zero attached hydrogens (tertiary/aromatic N) is 1. The highest BCUT2D eigenvalue weighted by Crippen LogP contribution is 2.18. The highest BCUT2D eigenvalue weighted by atomic mass is 16.3. The lowest BCUT2D eigenvalue weighted by molar-refractivity contribution is -0.121. The number of pyridine rings is 1. The van der Waals surface area contributed by atoms with Crippen molar-refractivity contribution >= 4 is 5.91 Å². The van der Waals surface area contributed by atoms with Crippen LogP contribution in [0, 0.1) is 0 Å². The standard InChI is InChI=1S/C10H14N2O2/c1-8(14)12-10(2,7-13)9-3-5-11-6-4-9/h3-6,13H,7H2,1-2H3,(H,12,14). The molecule has 0 saturated carbocycles. The van der Waals surface area contributed by atoms with Gasteiger partial charge in [0.2, 0.25) is 5.91 Å². The summed E-state index contributed by atoms with van der Waals surface area (Å²) in [4.78, 5) is 14.8. The molecule has 0 spiro atoms. The van der Waals surface area contributed by atoms with E-state index in [1.165, 1.54) is 6.92 Å². The third kappa shape index (κ3) is 2.29. The normalized spacial score (nSPS) is 14.5. The lowest BCUT2D eigenvalue weighted by Crippen LogP contribution is -2.45. The summed E-state index contributed by atoms with van der Waals surface area (Å²) in [5.74, 6) is -0.168. The summed E-state index contributed by atoms with van der Waals surface area (Å²) >= 11 is 0. The number of aliphatic hydroxyl groups is 1. The van der Waals surface area contributed by atoms with Crippen molar-refractivity contribution in [3.8, 4) is 0 Å². The van der Waals surface area contributed by atoms with Gasteiger partial charge < -0.3 is 10.4 Å². The van der Waals surface area contributed by atoms with E-state index in [1.807, 2.05) is 0 Å². The Kier molecular flexibility index (Phi) is 3.19. The van der Waals surface area contributed by atoms with E-state index in [0.29, 0.717) is 0 Å². The summed E-state index contributed by atoms with van der Waals surface area (Å²) in [6, 6.07) is 3.54. The molecule has 2 N–H and O–H groups in total. The Hall–Kier alpha value is -1.42. The minimum absolute atomic E-state index is 0.142. The fraction of sp³-hybridized carbons (Fsp3) is 0.400. The van der Waals surface area contributed by atoms with Gasteiger partial charge in [0.15, 0.2) is 0 Å². The maximum Gasteiger partial charge on any atom is 0.217 e. The summed E-state index contributed by atoms with van der Waals surface area (Å²) in [6.07, 6.45) is 3.26. The van der Waals surface area contributed by atoms with Crippen LogP contribution < -0.4 is 5.32 Å². The van der Waals surface area contributed by atoms with Gasteiger partial charge in [-0.15, -0.1) is 0 Å².